The SMILES string of the molecule is CC(C)n1cnc2cc(N3CCN(Cc4cc(C5CC5)on4)CC3)ccc2c1=O. The smallest absolute Gasteiger partial charge is 0.261 e. The minimum absolute atomic E-state index is 0.0274. The number of anilines is 1. The van der Waals surface area contributed by atoms with E-state index in [-0.39, 0.29) is 11.6 Å². The summed E-state index contributed by atoms with van der Waals surface area (Å²) in [6, 6.07) is 8.24. The molecule has 0 unspecified atom stereocenters. The van der Waals surface area contributed by atoms with Gasteiger partial charge in [-0.15, -0.1) is 0 Å². The molecule has 7 nitrogen and oxygen atoms in total. The predicted molar refractivity (Wildman–Crippen MR) is 112 cm³/mol. The van der Waals surface area contributed by atoms with E-state index < -0.39 is 0 Å². The van der Waals surface area contributed by atoms with Crippen molar-refractivity contribution in [1.29, 1.82) is 0 Å². The van der Waals surface area contributed by atoms with Gasteiger partial charge in [0.15, 0.2) is 0 Å². The van der Waals surface area contributed by atoms with E-state index in [4.69, 9.17) is 4.52 Å². The predicted octanol–water partition coefficient (Wildman–Crippen LogP) is 3.17. The summed E-state index contributed by atoms with van der Waals surface area (Å²) in [4.78, 5) is 21.9. The lowest BCUT2D eigenvalue weighted by Crippen LogP contribution is -2.46. The fourth-order valence-corrected chi connectivity index (χ4v) is 4.04. The average Bonchev–Trinajstić information content (AvgIpc) is 3.47. The Bertz CT molecular complexity index is 1070. The minimum Gasteiger partial charge on any atom is -0.369 e. The standard InChI is InChI=1S/C22H27N5O2/c1-15(2)27-14-23-20-12-18(5-6-19(20)22(27)28)26-9-7-25(8-10-26)13-17-11-21(29-24-17)16-3-4-16/h5-6,11-12,14-16H,3-4,7-10,13H2,1-2H3. The summed E-state index contributed by atoms with van der Waals surface area (Å²) in [5, 5.41) is 4.92. The summed E-state index contributed by atoms with van der Waals surface area (Å²) >= 11 is 0. The number of hydrogen-bond donors (Lipinski definition) is 0. The van der Waals surface area contributed by atoms with Crippen LogP contribution < -0.4 is 10.5 Å². The Kier molecular flexibility index (Phi) is 4.62. The molecule has 1 aromatic carbocycles. The second kappa shape index (κ2) is 7.30. The van der Waals surface area contributed by atoms with Crippen molar-refractivity contribution in [2.24, 2.45) is 0 Å². The molecule has 2 aliphatic rings. The molecule has 0 radical (unpaired) electrons. The summed E-state index contributed by atoms with van der Waals surface area (Å²) in [7, 11) is 0. The van der Waals surface area contributed by atoms with Crippen LogP contribution in [0.15, 0.2) is 39.9 Å². The molecular formula is C22H27N5O2. The van der Waals surface area contributed by atoms with Crippen LogP contribution in [0.2, 0.25) is 0 Å². The van der Waals surface area contributed by atoms with E-state index in [1.54, 1.807) is 10.9 Å². The van der Waals surface area contributed by atoms with Gasteiger partial charge in [-0.05, 0) is 44.9 Å². The van der Waals surface area contributed by atoms with Crippen LogP contribution in [0, 0.1) is 0 Å². The number of rotatable bonds is 5. The van der Waals surface area contributed by atoms with Crippen LogP contribution >= 0.6 is 0 Å². The Balaban J connectivity index is 1.25. The third kappa shape index (κ3) is 3.67. The van der Waals surface area contributed by atoms with Crippen LogP contribution in [0.25, 0.3) is 10.9 Å². The molecule has 0 amide bonds. The summed E-state index contributed by atoms with van der Waals surface area (Å²) in [6.45, 7) is 8.68. The van der Waals surface area contributed by atoms with E-state index in [9.17, 15) is 4.79 Å². The van der Waals surface area contributed by atoms with Gasteiger partial charge in [-0.25, -0.2) is 4.98 Å². The van der Waals surface area contributed by atoms with Crippen LogP contribution in [0.5, 0.6) is 0 Å². The van der Waals surface area contributed by atoms with Gasteiger partial charge < -0.3 is 9.42 Å². The van der Waals surface area contributed by atoms with Crippen LogP contribution in [-0.4, -0.2) is 45.8 Å². The Morgan fingerprint density at radius 3 is 2.66 bits per heavy atom. The maximum absolute atomic E-state index is 12.6. The van der Waals surface area contributed by atoms with Crippen molar-refractivity contribution in [2.45, 2.75) is 45.2 Å². The van der Waals surface area contributed by atoms with Gasteiger partial charge in [-0.3, -0.25) is 14.3 Å². The van der Waals surface area contributed by atoms with Gasteiger partial charge >= 0.3 is 0 Å². The van der Waals surface area contributed by atoms with Gasteiger partial charge in [0.25, 0.3) is 5.56 Å². The maximum atomic E-state index is 12.6. The molecule has 7 heteroatoms. The van der Waals surface area contributed by atoms with E-state index in [0.717, 1.165) is 55.4 Å². The zero-order chi connectivity index (χ0) is 20.0. The Hall–Kier alpha value is -2.67. The zero-order valence-electron chi connectivity index (χ0n) is 17.0. The molecule has 0 N–H and O–H groups in total. The molecule has 0 bridgehead atoms. The van der Waals surface area contributed by atoms with Crippen molar-refractivity contribution >= 4 is 16.6 Å². The highest BCUT2D eigenvalue weighted by Crippen LogP contribution is 2.40. The Morgan fingerprint density at radius 2 is 1.93 bits per heavy atom. The first-order valence-corrected chi connectivity index (χ1v) is 10.5. The van der Waals surface area contributed by atoms with E-state index in [1.807, 2.05) is 32.0 Å². The highest BCUT2D eigenvalue weighted by molar-refractivity contribution is 5.81. The Labute approximate surface area is 169 Å². The monoisotopic (exact) mass is 393 g/mol. The van der Waals surface area contributed by atoms with Crippen molar-refractivity contribution in [2.75, 3.05) is 31.1 Å². The number of benzene rings is 1. The number of hydrogen-bond acceptors (Lipinski definition) is 6. The molecule has 1 aliphatic carbocycles. The molecule has 0 spiro atoms. The quantitative estimate of drug-likeness (QED) is 0.663. The van der Waals surface area contributed by atoms with Crippen molar-refractivity contribution in [3.8, 4) is 0 Å². The van der Waals surface area contributed by atoms with Crippen molar-refractivity contribution in [1.82, 2.24) is 19.6 Å². The summed E-state index contributed by atoms with van der Waals surface area (Å²) in [5.74, 6) is 1.66. The second-order valence-corrected chi connectivity index (χ2v) is 8.51. The molecule has 3 heterocycles. The van der Waals surface area contributed by atoms with Crippen LogP contribution in [0.4, 0.5) is 5.69 Å². The average molecular weight is 393 g/mol. The third-order valence-electron chi connectivity index (χ3n) is 6.00. The van der Waals surface area contributed by atoms with Crippen molar-refractivity contribution in [3.05, 3.63) is 52.4 Å². The molecule has 152 valence electrons. The highest BCUT2D eigenvalue weighted by atomic mass is 16.5. The van der Waals surface area contributed by atoms with Gasteiger partial charge in [0, 0.05) is 56.4 Å². The molecule has 2 aromatic heterocycles. The molecule has 1 saturated carbocycles. The second-order valence-electron chi connectivity index (χ2n) is 8.51. The molecule has 1 saturated heterocycles. The molecule has 1 aliphatic heterocycles. The van der Waals surface area contributed by atoms with Crippen LogP contribution in [-0.2, 0) is 6.54 Å². The molecule has 3 aromatic rings. The first-order chi connectivity index (χ1) is 14.1. The van der Waals surface area contributed by atoms with E-state index >= 15 is 0 Å². The lowest BCUT2D eigenvalue weighted by molar-refractivity contribution is 0.241. The Morgan fingerprint density at radius 1 is 1.14 bits per heavy atom. The van der Waals surface area contributed by atoms with Gasteiger partial charge in [0.1, 0.15) is 5.76 Å². The van der Waals surface area contributed by atoms with Gasteiger partial charge in [-0.2, -0.15) is 0 Å². The fourth-order valence-electron chi connectivity index (χ4n) is 4.04. The number of piperazine rings is 1. The zero-order valence-corrected chi connectivity index (χ0v) is 17.0. The van der Waals surface area contributed by atoms with Crippen LogP contribution in [0.3, 0.4) is 0 Å². The lowest BCUT2D eigenvalue weighted by Gasteiger charge is -2.35. The van der Waals surface area contributed by atoms with E-state index in [1.165, 1.54) is 12.8 Å². The normalized spacial score (nSPS) is 18.1. The largest absolute Gasteiger partial charge is 0.369 e. The minimum atomic E-state index is 0.0274. The topological polar surface area (TPSA) is 67.4 Å². The van der Waals surface area contributed by atoms with Crippen LogP contribution in [0.1, 0.15) is 50.1 Å². The summed E-state index contributed by atoms with van der Waals surface area (Å²) in [5.41, 5.74) is 2.96. The third-order valence-corrected chi connectivity index (χ3v) is 6.00. The molecule has 5 rings (SSSR count). The first-order valence-electron chi connectivity index (χ1n) is 10.5. The number of aromatic nitrogens is 3. The molecule has 2 fully saturated rings. The lowest BCUT2D eigenvalue weighted by atomic mass is 10.2. The van der Waals surface area contributed by atoms with E-state index in [0.29, 0.717) is 11.3 Å². The summed E-state index contributed by atoms with van der Waals surface area (Å²) in [6.07, 6.45) is 4.13. The number of nitrogens with zero attached hydrogens (tertiary/aromatic N) is 5. The molecule has 29 heavy (non-hydrogen) atoms. The molecule has 0 atom stereocenters. The van der Waals surface area contributed by atoms with Gasteiger partial charge in [0.2, 0.25) is 0 Å². The first kappa shape index (κ1) is 18.4. The van der Waals surface area contributed by atoms with Gasteiger partial charge in [0.05, 0.1) is 22.9 Å². The van der Waals surface area contributed by atoms with E-state index in [2.05, 4.69) is 26.0 Å². The number of fused-ring (bicyclic) bond motifs is 1. The van der Waals surface area contributed by atoms with Crippen molar-refractivity contribution in [3.63, 3.8) is 0 Å². The van der Waals surface area contributed by atoms with Gasteiger partial charge in [-0.1, -0.05) is 5.16 Å². The fraction of sp³-hybridized carbons (Fsp3) is 0.500. The maximum Gasteiger partial charge on any atom is 0.261 e. The van der Waals surface area contributed by atoms with Crippen molar-refractivity contribution < 1.29 is 4.52 Å². The highest BCUT2D eigenvalue weighted by Gasteiger charge is 2.28. The summed E-state index contributed by atoms with van der Waals surface area (Å²) < 4.78 is 7.15. The molecular weight excluding hydrogens is 366 g/mol.